The summed E-state index contributed by atoms with van der Waals surface area (Å²) in [5.74, 6) is 0.0372. The molecule has 0 aliphatic heterocycles. The van der Waals surface area contributed by atoms with Crippen molar-refractivity contribution in [2.45, 2.75) is 6.92 Å². The molecular formula is C33H27BrClN3O6. The van der Waals surface area contributed by atoms with Gasteiger partial charge in [-0.05, 0) is 48.9 Å². The van der Waals surface area contributed by atoms with Gasteiger partial charge in [0, 0.05) is 37.1 Å². The number of H-pyrrole nitrogens is 1. The first-order valence-corrected chi connectivity index (χ1v) is 14.4. The lowest BCUT2D eigenvalue weighted by atomic mass is 10.0. The standard InChI is InChI=1S/C33H27BrClN3O6/c1-18-8-7-10-23-28(22-9-5-6-11-24(22)35)30(37-29(18)23)32(39)38-36-17-20-14-21(34)12-13-25(20)44-33(40)19-15-26(41-2)31(43-4)27(16-19)42-3/h5-17,37H,1-4H3,(H,38,39). The Morgan fingerprint density at radius 2 is 1.64 bits per heavy atom. The number of amides is 1. The molecule has 0 saturated heterocycles. The normalized spacial score (nSPS) is 11.0. The van der Waals surface area contributed by atoms with Crippen molar-refractivity contribution in [3.8, 4) is 34.1 Å². The highest BCUT2D eigenvalue weighted by atomic mass is 79.9. The van der Waals surface area contributed by atoms with Crippen LogP contribution in [-0.2, 0) is 0 Å². The smallest absolute Gasteiger partial charge is 0.343 e. The zero-order chi connectivity index (χ0) is 31.4. The topological polar surface area (TPSA) is 111 Å². The maximum atomic E-state index is 13.5. The number of fused-ring (bicyclic) bond motifs is 1. The van der Waals surface area contributed by atoms with Crippen LogP contribution in [0.4, 0.5) is 0 Å². The van der Waals surface area contributed by atoms with Gasteiger partial charge in [0.25, 0.3) is 5.91 Å². The summed E-state index contributed by atoms with van der Waals surface area (Å²) in [6, 6.07) is 21.2. The largest absolute Gasteiger partial charge is 0.493 e. The number of aromatic amines is 1. The fraction of sp³-hybridized carbons (Fsp3) is 0.121. The number of benzene rings is 4. The van der Waals surface area contributed by atoms with Gasteiger partial charge in [-0.2, -0.15) is 5.10 Å². The van der Waals surface area contributed by atoms with E-state index in [1.807, 2.05) is 43.3 Å². The summed E-state index contributed by atoms with van der Waals surface area (Å²) in [6.45, 7) is 1.96. The number of aromatic nitrogens is 1. The number of nitrogens with one attached hydrogen (secondary N) is 2. The molecular weight excluding hydrogens is 650 g/mol. The molecule has 4 aromatic carbocycles. The average Bonchev–Trinajstić information content (AvgIpc) is 3.42. The summed E-state index contributed by atoms with van der Waals surface area (Å²) in [6.07, 6.45) is 1.39. The summed E-state index contributed by atoms with van der Waals surface area (Å²) in [7, 11) is 4.39. The maximum absolute atomic E-state index is 13.5. The number of rotatable bonds is 9. The number of methoxy groups -OCH3 is 3. The lowest BCUT2D eigenvalue weighted by Gasteiger charge is -2.14. The molecule has 0 atom stereocenters. The van der Waals surface area contributed by atoms with E-state index in [1.54, 1.807) is 24.3 Å². The molecule has 1 aromatic heterocycles. The Labute approximate surface area is 266 Å². The molecule has 0 radical (unpaired) electrons. The highest BCUT2D eigenvalue weighted by Crippen LogP contribution is 2.39. The van der Waals surface area contributed by atoms with Crippen LogP contribution in [0, 0.1) is 6.92 Å². The number of hydrogen-bond donors (Lipinski definition) is 2. The number of hydrogen-bond acceptors (Lipinski definition) is 7. The van der Waals surface area contributed by atoms with Gasteiger partial charge in [0.1, 0.15) is 11.4 Å². The zero-order valence-corrected chi connectivity index (χ0v) is 26.5. The fourth-order valence-electron chi connectivity index (χ4n) is 4.77. The quantitative estimate of drug-likeness (QED) is 0.0721. The van der Waals surface area contributed by atoms with Crippen molar-refractivity contribution in [2.24, 2.45) is 5.10 Å². The predicted octanol–water partition coefficient (Wildman–Crippen LogP) is 7.57. The van der Waals surface area contributed by atoms with Crippen molar-refractivity contribution >= 4 is 56.5 Å². The molecule has 224 valence electrons. The van der Waals surface area contributed by atoms with Gasteiger partial charge in [0.15, 0.2) is 11.5 Å². The predicted molar refractivity (Wildman–Crippen MR) is 174 cm³/mol. The number of hydrazone groups is 1. The minimum atomic E-state index is -0.664. The second kappa shape index (κ2) is 13.2. The van der Waals surface area contributed by atoms with Gasteiger partial charge in [-0.15, -0.1) is 0 Å². The van der Waals surface area contributed by atoms with Gasteiger partial charge >= 0.3 is 5.97 Å². The van der Waals surface area contributed by atoms with E-state index in [-0.39, 0.29) is 11.3 Å². The SMILES string of the molecule is COc1cc(C(=O)Oc2ccc(Br)cc2C=NNC(=O)c2[nH]c3c(C)cccc3c2-c2ccccc2Cl)cc(OC)c1OC. The second-order valence-corrected chi connectivity index (χ2v) is 10.9. The van der Waals surface area contributed by atoms with Crippen LogP contribution in [0.3, 0.4) is 0 Å². The van der Waals surface area contributed by atoms with Crippen molar-refractivity contribution in [1.29, 1.82) is 0 Å². The van der Waals surface area contributed by atoms with E-state index < -0.39 is 11.9 Å². The first-order chi connectivity index (χ1) is 21.2. The Bertz CT molecular complexity index is 1890. The Morgan fingerprint density at radius 3 is 2.32 bits per heavy atom. The van der Waals surface area contributed by atoms with Crippen LogP contribution in [-0.4, -0.2) is 44.4 Å². The van der Waals surface area contributed by atoms with Crippen molar-refractivity contribution in [2.75, 3.05) is 21.3 Å². The number of carbonyl (C=O) groups is 2. The van der Waals surface area contributed by atoms with Crippen LogP contribution in [0.15, 0.2) is 82.4 Å². The molecule has 0 aliphatic rings. The third-order valence-corrected chi connectivity index (χ3v) is 7.68. The molecule has 0 aliphatic carbocycles. The Morgan fingerprint density at radius 1 is 0.909 bits per heavy atom. The fourth-order valence-corrected chi connectivity index (χ4v) is 5.37. The molecule has 1 amide bonds. The summed E-state index contributed by atoms with van der Waals surface area (Å²) < 4.78 is 22.5. The lowest BCUT2D eigenvalue weighted by Crippen LogP contribution is -2.19. The number of carbonyl (C=O) groups excluding carboxylic acids is 2. The van der Waals surface area contributed by atoms with Gasteiger partial charge < -0.3 is 23.9 Å². The van der Waals surface area contributed by atoms with Crippen LogP contribution in [0.5, 0.6) is 23.0 Å². The summed E-state index contributed by atoms with van der Waals surface area (Å²) in [5.41, 5.74) is 6.69. The van der Waals surface area contributed by atoms with Crippen LogP contribution in [0.25, 0.3) is 22.0 Å². The minimum absolute atomic E-state index is 0.180. The van der Waals surface area contributed by atoms with Crippen LogP contribution < -0.4 is 24.4 Å². The Kier molecular flexibility index (Phi) is 9.22. The molecule has 44 heavy (non-hydrogen) atoms. The number of ether oxygens (including phenoxy) is 4. The van der Waals surface area contributed by atoms with Crippen LogP contribution in [0.1, 0.15) is 32.0 Å². The minimum Gasteiger partial charge on any atom is -0.493 e. The molecule has 1 heterocycles. The highest BCUT2D eigenvalue weighted by Gasteiger charge is 2.22. The third kappa shape index (κ3) is 6.13. The number of halogens is 2. The maximum Gasteiger partial charge on any atom is 0.343 e. The van der Waals surface area contributed by atoms with E-state index in [4.69, 9.17) is 30.5 Å². The van der Waals surface area contributed by atoms with Gasteiger partial charge in [0.2, 0.25) is 5.75 Å². The summed E-state index contributed by atoms with van der Waals surface area (Å²) in [4.78, 5) is 29.9. The third-order valence-electron chi connectivity index (χ3n) is 6.86. The first kappa shape index (κ1) is 30.7. The van der Waals surface area contributed by atoms with Gasteiger partial charge in [-0.1, -0.05) is 63.9 Å². The van der Waals surface area contributed by atoms with E-state index in [0.29, 0.717) is 49.1 Å². The molecule has 2 N–H and O–H groups in total. The highest BCUT2D eigenvalue weighted by molar-refractivity contribution is 9.10. The van der Waals surface area contributed by atoms with E-state index in [1.165, 1.54) is 39.7 Å². The van der Waals surface area contributed by atoms with E-state index in [9.17, 15) is 9.59 Å². The van der Waals surface area contributed by atoms with E-state index in [2.05, 4.69) is 31.4 Å². The first-order valence-electron chi connectivity index (χ1n) is 13.3. The van der Waals surface area contributed by atoms with Gasteiger partial charge in [0.05, 0.1) is 33.1 Å². The van der Waals surface area contributed by atoms with Gasteiger partial charge in [-0.25, -0.2) is 10.2 Å². The molecule has 11 heteroatoms. The molecule has 5 aromatic rings. The monoisotopic (exact) mass is 675 g/mol. The number of nitrogens with zero attached hydrogens (tertiary/aromatic N) is 1. The van der Waals surface area contributed by atoms with Gasteiger partial charge in [-0.3, -0.25) is 4.79 Å². The molecule has 0 unspecified atom stereocenters. The van der Waals surface area contributed by atoms with Crippen LogP contribution >= 0.6 is 27.5 Å². The number of para-hydroxylation sites is 1. The molecule has 9 nitrogen and oxygen atoms in total. The van der Waals surface area contributed by atoms with Crippen molar-refractivity contribution in [3.63, 3.8) is 0 Å². The summed E-state index contributed by atoms with van der Waals surface area (Å²) >= 11 is 9.98. The summed E-state index contributed by atoms with van der Waals surface area (Å²) in [5, 5.41) is 5.56. The average molecular weight is 677 g/mol. The molecule has 0 bridgehead atoms. The Balaban J connectivity index is 1.43. The van der Waals surface area contributed by atoms with Crippen molar-refractivity contribution < 1.29 is 28.5 Å². The number of aryl methyl sites for hydroxylation is 1. The zero-order valence-electron chi connectivity index (χ0n) is 24.2. The molecule has 0 spiro atoms. The van der Waals surface area contributed by atoms with E-state index >= 15 is 0 Å². The molecule has 5 rings (SSSR count). The molecule has 0 saturated carbocycles. The molecule has 0 fully saturated rings. The van der Waals surface area contributed by atoms with Crippen molar-refractivity contribution in [1.82, 2.24) is 10.4 Å². The van der Waals surface area contributed by atoms with E-state index in [0.717, 1.165) is 16.5 Å². The Hall–Kier alpha value is -4.80. The van der Waals surface area contributed by atoms with Crippen molar-refractivity contribution in [3.05, 3.63) is 105 Å². The lowest BCUT2D eigenvalue weighted by molar-refractivity contribution is 0.0733. The number of esters is 1. The van der Waals surface area contributed by atoms with Crippen LogP contribution in [0.2, 0.25) is 5.02 Å². The second-order valence-electron chi connectivity index (χ2n) is 9.54.